The standard InChI is InChI=1S/C21H29N3O4/c1-5-21(6-2,20(26)27)13-22-17(25)11-12-18-23-19(24-28-18)16-9-7-15(8-10-16)14(3)4/h7-10,14H,5-6,11-13H2,1-4H3,(H,22,25)(H,26,27). The van der Waals surface area contributed by atoms with Gasteiger partial charge >= 0.3 is 5.97 Å². The Morgan fingerprint density at radius 2 is 1.82 bits per heavy atom. The van der Waals surface area contributed by atoms with Crippen LogP contribution in [-0.4, -0.2) is 33.7 Å². The van der Waals surface area contributed by atoms with Crippen LogP contribution in [0.2, 0.25) is 0 Å². The summed E-state index contributed by atoms with van der Waals surface area (Å²) in [4.78, 5) is 27.9. The molecule has 0 radical (unpaired) electrons. The molecule has 152 valence electrons. The third-order valence-electron chi connectivity index (χ3n) is 5.30. The second kappa shape index (κ2) is 9.48. The molecule has 2 rings (SSSR count). The fraction of sp³-hybridized carbons (Fsp3) is 0.524. The minimum atomic E-state index is -0.921. The van der Waals surface area contributed by atoms with Gasteiger partial charge in [0.25, 0.3) is 0 Å². The van der Waals surface area contributed by atoms with Crippen molar-refractivity contribution in [2.45, 2.75) is 59.3 Å². The predicted octanol–water partition coefficient (Wildman–Crippen LogP) is 3.80. The van der Waals surface area contributed by atoms with Crippen LogP contribution >= 0.6 is 0 Å². The molecule has 0 saturated heterocycles. The maximum absolute atomic E-state index is 12.1. The Balaban J connectivity index is 1.90. The van der Waals surface area contributed by atoms with Gasteiger partial charge in [0, 0.05) is 24.9 Å². The zero-order valence-corrected chi connectivity index (χ0v) is 17.0. The van der Waals surface area contributed by atoms with Crippen LogP contribution in [0.15, 0.2) is 28.8 Å². The fourth-order valence-corrected chi connectivity index (χ4v) is 2.95. The van der Waals surface area contributed by atoms with Crippen LogP contribution in [0, 0.1) is 5.41 Å². The van der Waals surface area contributed by atoms with Crippen LogP contribution in [0.4, 0.5) is 0 Å². The number of aryl methyl sites for hydroxylation is 1. The van der Waals surface area contributed by atoms with E-state index >= 15 is 0 Å². The van der Waals surface area contributed by atoms with Gasteiger partial charge in [-0.25, -0.2) is 0 Å². The normalized spacial score (nSPS) is 11.6. The molecule has 1 aromatic heterocycles. The Kier molecular flexibility index (Phi) is 7.31. The van der Waals surface area contributed by atoms with Crippen molar-refractivity contribution in [3.05, 3.63) is 35.7 Å². The molecule has 0 atom stereocenters. The van der Waals surface area contributed by atoms with Gasteiger partial charge in [-0.1, -0.05) is 57.1 Å². The molecule has 0 aliphatic rings. The van der Waals surface area contributed by atoms with Gasteiger partial charge in [-0.2, -0.15) is 4.98 Å². The van der Waals surface area contributed by atoms with Gasteiger partial charge in [0.05, 0.1) is 5.41 Å². The van der Waals surface area contributed by atoms with Crippen LogP contribution in [0.25, 0.3) is 11.4 Å². The Bertz CT molecular complexity index is 792. The molecule has 0 saturated carbocycles. The summed E-state index contributed by atoms with van der Waals surface area (Å²) in [5, 5.41) is 16.1. The van der Waals surface area contributed by atoms with Gasteiger partial charge in [-0.15, -0.1) is 0 Å². The number of aromatic nitrogens is 2. The molecule has 0 bridgehead atoms. The first-order valence-corrected chi connectivity index (χ1v) is 9.74. The van der Waals surface area contributed by atoms with Crippen LogP contribution in [-0.2, 0) is 16.0 Å². The second-order valence-corrected chi connectivity index (χ2v) is 7.36. The van der Waals surface area contributed by atoms with Crippen molar-refractivity contribution in [1.29, 1.82) is 0 Å². The SMILES string of the molecule is CCC(CC)(CNC(=O)CCc1nc(-c2ccc(C(C)C)cc2)no1)C(=O)O. The number of carboxylic acid groups (broad SMARTS) is 1. The minimum Gasteiger partial charge on any atom is -0.481 e. The van der Waals surface area contributed by atoms with E-state index in [9.17, 15) is 14.7 Å². The molecule has 2 aromatic rings. The Morgan fingerprint density at radius 3 is 2.36 bits per heavy atom. The predicted molar refractivity (Wildman–Crippen MR) is 106 cm³/mol. The Morgan fingerprint density at radius 1 is 1.18 bits per heavy atom. The first-order valence-electron chi connectivity index (χ1n) is 9.74. The van der Waals surface area contributed by atoms with Crippen molar-refractivity contribution in [2.75, 3.05) is 6.54 Å². The number of carbonyl (C=O) groups excluding carboxylic acids is 1. The lowest BCUT2D eigenvalue weighted by Gasteiger charge is -2.26. The highest BCUT2D eigenvalue weighted by atomic mass is 16.5. The molecular formula is C21H29N3O4. The average molecular weight is 387 g/mol. The maximum atomic E-state index is 12.1. The molecular weight excluding hydrogens is 358 g/mol. The number of nitrogens with one attached hydrogen (secondary N) is 1. The molecule has 1 heterocycles. The number of aliphatic carboxylic acids is 1. The van der Waals surface area contributed by atoms with Crippen molar-refractivity contribution in [3.63, 3.8) is 0 Å². The van der Waals surface area contributed by atoms with Crippen molar-refractivity contribution in [3.8, 4) is 11.4 Å². The van der Waals surface area contributed by atoms with E-state index in [4.69, 9.17) is 4.52 Å². The first kappa shape index (κ1) is 21.6. The molecule has 0 fully saturated rings. The molecule has 1 amide bonds. The van der Waals surface area contributed by atoms with Gasteiger partial charge in [0.15, 0.2) is 0 Å². The summed E-state index contributed by atoms with van der Waals surface area (Å²) in [5.41, 5.74) is 1.18. The van der Waals surface area contributed by atoms with Gasteiger partial charge in [0.2, 0.25) is 17.6 Å². The van der Waals surface area contributed by atoms with Crippen molar-refractivity contribution in [1.82, 2.24) is 15.5 Å². The topological polar surface area (TPSA) is 105 Å². The third kappa shape index (κ3) is 5.18. The second-order valence-electron chi connectivity index (χ2n) is 7.36. The van der Waals surface area contributed by atoms with E-state index in [0.717, 1.165) is 5.56 Å². The molecule has 7 nitrogen and oxygen atoms in total. The molecule has 28 heavy (non-hydrogen) atoms. The first-order chi connectivity index (χ1) is 13.3. The van der Waals surface area contributed by atoms with Crippen molar-refractivity contribution < 1.29 is 19.2 Å². The lowest BCUT2D eigenvalue weighted by Crippen LogP contribution is -2.42. The smallest absolute Gasteiger partial charge is 0.311 e. The van der Waals surface area contributed by atoms with Gasteiger partial charge in [-0.3, -0.25) is 9.59 Å². The van der Waals surface area contributed by atoms with E-state index in [-0.39, 0.29) is 18.9 Å². The quantitative estimate of drug-likeness (QED) is 0.642. The van der Waals surface area contributed by atoms with Gasteiger partial charge in [0.1, 0.15) is 0 Å². The number of carboxylic acids is 1. The Hall–Kier alpha value is -2.70. The number of rotatable bonds is 10. The van der Waals surface area contributed by atoms with Crippen molar-refractivity contribution in [2.24, 2.45) is 5.41 Å². The van der Waals surface area contributed by atoms with Gasteiger partial charge < -0.3 is 14.9 Å². The monoisotopic (exact) mass is 387 g/mol. The van der Waals surface area contributed by atoms with Crippen LogP contribution in [0.1, 0.15) is 64.3 Å². The number of amides is 1. The summed E-state index contributed by atoms with van der Waals surface area (Å²) >= 11 is 0. The summed E-state index contributed by atoms with van der Waals surface area (Å²) in [6.07, 6.45) is 1.39. The highest BCUT2D eigenvalue weighted by Crippen LogP contribution is 2.25. The lowest BCUT2D eigenvalue weighted by atomic mass is 9.82. The molecule has 0 aliphatic carbocycles. The minimum absolute atomic E-state index is 0.117. The molecule has 0 aliphatic heterocycles. The van der Waals surface area contributed by atoms with Crippen LogP contribution in [0.5, 0.6) is 0 Å². The highest BCUT2D eigenvalue weighted by Gasteiger charge is 2.35. The van der Waals surface area contributed by atoms with E-state index in [1.807, 2.05) is 38.1 Å². The molecule has 7 heteroatoms. The number of nitrogens with zero attached hydrogens (tertiary/aromatic N) is 2. The summed E-state index contributed by atoms with van der Waals surface area (Å²) in [6, 6.07) is 7.99. The average Bonchev–Trinajstić information content (AvgIpc) is 3.16. The summed E-state index contributed by atoms with van der Waals surface area (Å²) in [5.74, 6) is 0.214. The maximum Gasteiger partial charge on any atom is 0.311 e. The van der Waals surface area contributed by atoms with E-state index in [1.165, 1.54) is 5.56 Å². The number of carbonyl (C=O) groups is 2. The van der Waals surface area contributed by atoms with E-state index in [2.05, 4.69) is 29.3 Å². The molecule has 0 spiro atoms. The highest BCUT2D eigenvalue weighted by molar-refractivity contribution is 5.79. The number of hydrogen-bond acceptors (Lipinski definition) is 5. The number of benzene rings is 1. The summed E-state index contributed by atoms with van der Waals surface area (Å²) in [7, 11) is 0. The lowest BCUT2D eigenvalue weighted by molar-refractivity contribution is -0.149. The molecule has 1 aromatic carbocycles. The van der Waals surface area contributed by atoms with E-state index in [1.54, 1.807) is 0 Å². The zero-order valence-electron chi connectivity index (χ0n) is 17.0. The third-order valence-corrected chi connectivity index (χ3v) is 5.30. The molecule has 2 N–H and O–H groups in total. The summed E-state index contributed by atoms with van der Waals surface area (Å²) < 4.78 is 5.24. The zero-order chi connectivity index (χ0) is 20.7. The largest absolute Gasteiger partial charge is 0.481 e. The van der Waals surface area contributed by atoms with Crippen molar-refractivity contribution >= 4 is 11.9 Å². The van der Waals surface area contributed by atoms with E-state index in [0.29, 0.717) is 36.9 Å². The summed E-state index contributed by atoms with van der Waals surface area (Å²) in [6.45, 7) is 8.02. The van der Waals surface area contributed by atoms with Crippen LogP contribution < -0.4 is 5.32 Å². The fourth-order valence-electron chi connectivity index (χ4n) is 2.95. The van der Waals surface area contributed by atoms with E-state index < -0.39 is 11.4 Å². The Labute approximate surface area is 165 Å². The number of hydrogen-bond donors (Lipinski definition) is 2. The van der Waals surface area contributed by atoms with Crippen LogP contribution in [0.3, 0.4) is 0 Å². The van der Waals surface area contributed by atoms with Gasteiger partial charge in [-0.05, 0) is 24.3 Å². The molecule has 0 unspecified atom stereocenters.